The van der Waals surface area contributed by atoms with Gasteiger partial charge in [-0.05, 0) is 70.1 Å². The number of aromatic nitrogens is 4. The van der Waals surface area contributed by atoms with E-state index in [-0.39, 0.29) is 5.91 Å². The molecule has 1 N–H and O–H groups in total. The minimum absolute atomic E-state index is 0.124. The third kappa shape index (κ3) is 7.27. The average Bonchev–Trinajstić information content (AvgIpc) is 3.71. The Morgan fingerprint density at radius 2 is 1.93 bits per heavy atom. The first kappa shape index (κ1) is 29.5. The molecule has 2 fully saturated rings. The molecule has 1 saturated carbocycles. The van der Waals surface area contributed by atoms with Crippen molar-refractivity contribution >= 4 is 35.1 Å². The van der Waals surface area contributed by atoms with E-state index in [9.17, 15) is 4.79 Å². The van der Waals surface area contributed by atoms with Crippen molar-refractivity contribution in [2.75, 3.05) is 52.3 Å². The Morgan fingerprint density at radius 3 is 2.63 bits per heavy atom. The lowest BCUT2D eigenvalue weighted by atomic mass is 9.96. The predicted molar refractivity (Wildman–Crippen MR) is 163 cm³/mol. The second-order valence-corrected chi connectivity index (χ2v) is 11.6. The molecule has 0 atom stereocenters. The average molecular weight is 599 g/mol. The van der Waals surface area contributed by atoms with Crippen molar-refractivity contribution in [3.63, 3.8) is 0 Å². The van der Waals surface area contributed by atoms with Crippen LogP contribution in [0.1, 0.15) is 37.4 Å². The van der Waals surface area contributed by atoms with Gasteiger partial charge in [0, 0.05) is 43.9 Å². The zero-order valence-corrected chi connectivity index (χ0v) is 25.2. The number of likely N-dealkylation sites (N-methyl/N-ethyl adjacent to an activating group) is 1. The molecule has 1 aromatic carbocycles. The fourth-order valence-corrected chi connectivity index (χ4v) is 5.37. The number of halogens is 2. The number of hydrogen-bond donors (Lipinski definition) is 1. The van der Waals surface area contributed by atoms with Crippen LogP contribution in [-0.2, 0) is 16.1 Å². The van der Waals surface area contributed by atoms with Gasteiger partial charge >= 0.3 is 0 Å². The SMILES string of the molecule is C=CC(=O)N(C)CCOCCn1c(C2CCN(C)CC2)nc(-c2ccc(Cl)c(Cl)c2)c1-c1ccnc(NC2CC2)n1. The summed E-state index contributed by atoms with van der Waals surface area (Å²) >= 11 is 12.8. The zero-order chi connectivity index (χ0) is 28.9. The van der Waals surface area contributed by atoms with Crippen LogP contribution in [0.25, 0.3) is 22.6 Å². The maximum atomic E-state index is 11.8. The number of anilines is 1. The third-order valence-electron chi connectivity index (χ3n) is 7.66. The quantitative estimate of drug-likeness (QED) is 0.222. The lowest BCUT2D eigenvalue weighted by Gasteiger charge is -2.29. The molecule has 0 radical (unpaired) electrons. The van der Waals surface area contributed by atoms with E-state index in [1.54, 1.807) is 18.1 Å². The molecule has 3 heterocycles. The van der Waals surface area contributed by atoms with Crippen LogP contribution in [0.3, 0.4) is 0 Å². The highest BCUT2D eigenvalue weighted by molar-refractivity contribution is 6.42. The summed E-state index contributed by atoms with van der Waals surface area (Å²) in [5, 5.41) is 4.40. The van der Waals surface area contributed by atoms with Crippen LogP contribution >= 0.6 is 23.2 Å². The molecule has 0 unspecified atom stereocenters. The summed E-state index contributed by atoms with van der Waals surface area (Å²) in [6, 6.07) is 7.99. The van der Waals surface area contributed by atoms with Crippen molar-refractivity contribution in [1.29, 1.82) is 0 Å². The topological polar surface area (TPSA) is 88.4 Å². The van der Waals surface area contributed by atoms with E-state index < -0.39 is 0 Å². The van der Waals surface area contributed by atoms with Crippen LogP contribution in [0.5, 0.6) is 0 Å². The minimum atomic E-state index is -0.124. The minimum Gasteiger partial charge on any atom is -0.378 e. The standard InChI is InChI=1S/C30H37Cl2N7O2/c1-4-26(40)38(3)15-17-41-18-16-39-28(25-9-12-33-30(35-25)34-22-6-7-22)27(21-5-8-23(31)24(32)19-21)36-29(39)20-10-13-37(2)14-11-20/h4-5,8-9,12,19-20,22H,1,6-7,10-11,13-18H2,2-3H3,(H,33,34,35). The number of imidazole rings is 1. The predicted octanol–water partition coefficient (Wildman–Crippen LogP) is 5.36. The van der Waals surface area contributed by atoms with E-state index in [0.717, 1.165) is 67.2 Å². The van der Waals surface area contributed by atoms with Gasteiger partial charge in [0.1, 0.15) is 5.82 Å². The second kappa shape index (κ2) is 13.3. The van der Waals surface area contributed by atoms with Crippen molar-refractivity contribution in [2.45, 2.75) is 44.2 Å². The van der Waals surface area contributed by atoms with Gasteiger partial charge in [-0.15, -0.1) is 0 Å². The van der Waals surface area contributed by atoms with Crippen molar-refractivity contribution in [2.24, 2.45) is 0 Å². The Balaban J connectivity index is 1.52. The molecule has 1 aliphatic carbocycles. The molecule has 3 aromatic rings. The third-order valence-corrected chi connectivity index (χ3v) is 8.40. The number of likely N-dealkylation sites (tertiary alicyclic amines) is 1. The van der Waals surface area contributed by atoms with Crippen LogP contribution in [0.2, 0.25) is 10.0 Å². The van der Waals surface area contributed by atoms with Crippen molar-refractivity contribution in [3.05, 3.63) is 59.0 Å². The van der Waals surface area contributed by atoms with E-state index in [1.807, 2.05) is 24.3 Å². The molecule has 0 bridgehead atoms. The van der Waals surface area contributed by atoms with E-state index >= 15 is 0 Å². The summed E-state index contributed by atoms with van der Waals surface area (Å²) in [6.07, 6.45) is 7.39. The number of piperidine rings is 1. The number of nitrogens with zero attached hydrogens (tertiary/aromatic N) is 6. The lowest BCUT2D eigenvalue weighted by Crippen LogP contribution is -2.31. The van der Waals surface area contributed by atoms with Gasteiger partial charge in [0.15, 0.2) is 0 Å². The number of nitrogens with one attached hydrogen (secondary N) is 1. The molecule has 11 heteroatoms. The van der Waals surface area contributed by atoms with Gasteiger partial charge < -0.3 is 24.4 Å². The summed E-state index contributed by atoms with van der Waals surface area (Å²) in [7, 11) is 3.90. The number of amides is 1. The van der Waals surface area contributed by atoms with Gasteiger partial charge in [0.2, 0.25) is 11.9 Å². The molecule has 41 heavy (non-hydrogen) atoms. The van der Waals surface area contributed by atoms with Crippen LogP contribution in [-0.4, -0.2) is 88.2 Å². The Morgan fingerprint density at radius 1 is 1.15 bits per heavy atom. The number of carbonyl (C=O) groups is 1. The molecule has 1 amide bonds. The molecule has 1 saturated heterocycles. The summed E-state index contributed by atoms with van der Waals surface area (Å²) in [4.78, 5) is 30.5. The molecule has 5 rings (SSSR count). The summed E-state index contributed by atoms with van der Waals surface area (Å²) < 4.78 is 8.28. The number of hydrogen-bond acceptors (Lipinski definition) is 7. The molecular weight excluding hydrogens is 561 g/mol. The van der Waals surface area contributed by atoms with Crippen molar-refractivity contribution in [1.82, 2.24) is 29.3 Å². The van der Waals surface area contributed by atoms with Gasteiger partial charge in [-0.1, -0.05) is 35.8 Å². The number of rotatable bonds is 12. The van der Waals surface area contributed by atoms with Crippen LogP contribution in [0.15, 0.2) is 43.1 Å². The highest BCUT2D eigenvalue weighted by Gasteiger charge is 2.29. The fourth-order valence-electron chi connectivity index (χ4n) is 5.08. The van der Waals surface area contributed by atoms with Gasteiger partial charge in [0.05, 0.1) is 40.3 Å². The van der Waals surface area contributed by atoms with Crippen molar-refractivity contribution in [3.8, 4) is 22.6 Å². The van der Waals surface area contributed by atoms with E-state index in [2.05, 4.69) is 33.4 Å². The highest BCUT2D eigenvalue weighted by atomic mass is 35.5. The van der Waals surface area contributed by atoms with Gasteiger partial charge in [0.25, 0.3) is 0 Å². The monoisotopic (exact) mass is 597 g/mol. The van der Waals surface area contributed by atoms with E-state index in [4.69, 9.17) is 37.9 Å². The maximum absolute atomic E-state index is 11.8. The molecule has 0 spiro atoms. The highest BCUT2D eigenvalue weighted by Crippen LogP contribution is 2.39. The first-order valence-electron chi connectivity index (χ1n) is 14.1. The number of benzene rings is 1. The van der Waals surface area contributed by atoms with Gasteiger partial charge in [-0.3, -0.25) is 4.79 Å². The van der Waals surface area contributed by atoms with Crippen LogP contribution < -0.4 is 5.32 Å². The maximum Gasteiger partial charge on any atom is 0.245 e. The van der Waals surface area contributed by atoms with E-state index in [1.165, 1.54) is 6.08 Å². The summed E-state index contributed by atoms with van der Waals surface area (Å²) in [6.45, 7) is 7.52. The largest absolute Gasteiger partial charge is 0.378 e. The first-order valence-corrected chi connectivity index (χ1v) is 14.9. The van der Waals surface area contributed by atoms with Crippen LogP contribution in [0, 0.1) is 0 Å². The number of carbonyl (C=O) groups excluding carboxylic acids is 1. The lowest BCUT2D eigenvalue weighted by molar-refractivity contribution is -0.125. The first-order chi connectivity index (χ1) is 19.8. The van der Waals surface area contributed by atoms with Crippen LogP contribution in [0.4, 0.5) is 5.95 Å². The Kier molecular flexibility index (Phi) is 9.60. The van der Waals surface area contributed by atoms with Crippen molar-refractivity contribution < 1.29 is 9.53 Å². The zero-order valence-electron chi connectivity index (χ0n) is 23.7. The molecule has 218 valence electrons. The normalized spacial score (nSPS) is 16.1. The Bertz CT molecular complexity index is 1380. The Labute approximate surface area is 251 Å². The van der Waals surface area contributed by atoms with Gasteiger partial charge in [-0.2, -0.15) is 0 Å². The summed E-state index contributed by atoms with van der Waals surface area (Å²) in [5.41, 5.74) is 3.38. The number of ether oxygens (including phenoxy) is 1. The smallest absolute Gasteiger partial charge is 0.245 e. The second-order valence-electron chi connectivity index (χ2n) is 10.8. The molecule has 1 aliphatic heterocycles. The van der Waals surface area contributed by atoms with Gasteiger partial charge in [-0.25, -0.2) is 15.0 Å². The molecule has 9 nitrogen and oxygen atoms in total. The fraction of sp³-hybridized carbons (Fsp3) is 0.467. The molecule has 2 aliphatic rings. The molecule has 2 aromatic heterocycles. The summed E-state index contributed by atoms with van der Waals surface area (Å²) in [5.74, 6) is 1.81. The van der Waals surface area contributed by atoms with E-state index in [0.29, 0.717) is 54.3 Å². The Hall–Kier alpha value is -2.98. The molecular formula is C30H37Cl2N7O2.